The number of fused-ring (bicyclic) bond motifs is 1. The third-order valence-electron chi connectivity index (χ3n) is 8.67. The van der Waals surface area contributed by atoms with Gasteiger partial charge in [-0.1, -0.05) is 0 Å². The molecule has 2 fully saturated rings. The second-order valence-corrected chi connectivity index (χ2v) is 12.6. The van der Waals surface area contributed by atoms with Crippen LogP contribution < -0.4 is 10.2 Å². The first-order valence-electron chi connectivity index (χ1n) is 15.4. The van der Waals surface area contributed by atoms with Gasteiger partial charge >= 0.3 is 0 Å². The molecule has 3 aromatic rings. The fourth-order valence-electron chi connectivity index (χ4n) is 5.77. The van der Waals surface area contributed by atoms with Crippen molar-refractivity contribution in [1.82, 2.24) is 0 Å². The first-order valence-corrected chi connectivity index (χ1v) is 15.4. The first-order chi connectivity index (χ1) is 23.1. The van der Waals surface area contributed by atoms with Crippen LogP contribution in [0.4, 0.5) is 0 Å². The van der Waals surface area contributed by atoms with E-state index in [1.54, 1.807) is 13.8 Å². The van der Waals surface area contributed by atoms with Crippen molar-refractivity contribution in [2.75, 3.05) is 13.2 Å². The second-order valence-electron chi connectivity index (χ2n) is 12.6. The standard InChI is InChI=1S/C32H40O17/c1-32(2,49-31-27(44)24(41)21(38)18(11-34)47-31)8-7-14-16(45-30-26(43)23(40)20(37)17(10-33)46-30)9-15(36)19-22(39)25(42)28(48-29(14)19)12-3-5-13(35)6-4-12/h3-6,9,17-18,20-21,23-24,26-27,30-31,33-38,40-44H,7-8,10-11H2,1-2H3. The van der Waals surface area contributed by atoms with E-state index in [0.29, 0.717) is 0 Å². The topological polar surface area (TPSA) is 290 Å². The van der Waals surface area contributed by atoms with Gasteiger partial charge in [0.05, 0.1) is 18.8 Å². The number of rotatable bonds is 10. The molecule has 0 aliphatic carbocycles. The van der Waals surface area contributed by atoms with Crippen molar-refractivity contribution >= 4 is 11.0 Å². The number of hydrogen-bond donors (Lipinski definition) is 11. The number of aryl methyl sites for hydroxylation is 1. The van der Waals surface area contributed by atoms with Crippen LogP contribution in [0.15, 0.2) is 39.5 Å². The quantitative estimate of drug-likeness (QED) is 0.112. The number of aromatic hydroxyl groups is 3. The van der Waals surface area contributed by atoms with E-state index in [0.717, 1.165) is 6.07 Å². The lowest BCUT2D eigenvalue weighted by Crippen LogP contribution is -2.60. The van der Waals surface area contributed by atoms with Crippen LogP contribution in [-0.2, 0) is 20.6 Å². The SMILES string of the molecule is CC(C)(CCc1c(OC2OC(CO)C(O)C(O)C2O)cc(O)c2c(=O)c(O)c(-c3ccc(O)cc3)oc12)OC1OC(CO)C(O)C(O)C1O. The minimum absolute atomic E-state index is 0.00787. The van der Waals surface area contributed by atoms with E-state index in [9.17, 15) is 61.0 Å². The molecule has 270 valence electrons. The van der Waals surface area contributed by atoms with Crippen molar-refractivity contribution in [2.24, 2.45) is 0 Å². The minimum atomic E-state index is -1.85. The lowest BCUT2D eigenvalue weighted by Gasteiger charge is -2.42. The van der Waals surface area contributed by atoms with Crippen LogP contribution in [0.5, 0.6) is 23.0 Å². The summed E-state index contributed by atoms with van der Waals surface area (Å²) >= 11 is 0. The maximum atomic E-state index is 13.4. The molecule has 0 bridgehead atoms. The van der Waals surface area contributed by atoms with E-state index >= 15 is 0 Å². The van der Waals surface area contributed by atoms with Crippen molar-refractivity contribution in [3.05, 3.63) is 46.1 Å². The van der Waals surface area contributed by atoms with Crippen LogP contribution in [0.2, 0.25) is 0 Å². The number of aliphatic hydroxyl groups is 8. The summed E-state index contributed by atoms with van der Waals surface area (Å²) in [6.45, 7) is 1.73. The van der Waals surface area contributed by atoms with E-state index in [1.165, 1.54) is 24.3 Å². The Hall–Kier alpha value is -3.59. The second kappa shape index (κ2) is 14.3. The molecule has 17 nitrogen and oxygen atoms in total. The number of benzene rings is 2. The van der Waals surface area contributed by atoms with Crippen molar-refractivity contribution in [3.63, 3.8) is 0 Å². The average molecular weight is 697 g/mol. The molecule has 10 atom stereocenters. The molecule has 0 radical (unpaired) electrons. The van der Waals surface area contributed by atoms with Crippen LogP contribution in [-0.4, -0.2) is 136 Å². The number of aliphatic hydroxyl groups excluding tert-OH is 8. The number of phenolic OH excluding ortho intramolecular Hbond substituents is 2. The Morgan fingerprint density at radius 1 is 0.776 bits per heavy atom. The average Bonchev–Trinajstić information content (AvgIpc) is 3.06. The molecular formula is C32H40O17. The molecule has 5 rings (SSSR count). The predicted molar refractivity (Wildman–Crippen MR) is 165 cm³/mol. The molecule has 2 aromatic carbocycles. The fourth-order valence-corrected chi connectivity index (χ4v) is 5.77. The number of hydrogen-bond acceptors (Lipinski definition) is 17. The highest BCUT2D eigenvalue weighted by Gasteiger charge is 2.47. The van der Waals surface area contributed by atoms with Crippen molar-refractivity contribution in [1.29, 1.82) is 0 Å². The molecule has 0 saturated carbocycles. The van der Waals surface area contributed by atoms with Crippen LogP contribution in [0.3, 0.4) is 0 Å². The molecule has 3 heterocycles. The van der Waals surface area contributed by atoms with Gasteiger partial charge in [-0.15, -0.1) is 0 Å². The molecule has 17 heteroatoms. The molecule has 2 aliphatic heterocycles. The van der Waals surface area contributed by atoms with Gasteiger partial charge in [0.2, 0.25) is 17.5 Å². The van der Waals surface area contributed by atoms with Gasteiger partial charge < -0.3 is 79.5 Å². The van der Waals surface area contributed by atoms with Gasteiger partial charge in [0.25, 0.3) is 0 Å². The Labute approximate surface area is 278 Å². The summed E-state index contributed by atoms with van der Waals surface area (Å²) in [6.07, 6.45) is -16.3. The van der Waals surface area contributed by atoms with E-state index in [2.05, 4.69) is 0 Å². The maximum Gasteiger partial charge on any atom is 0.238 e. The van der Waals surface area contributed by atoms with E-state index in [-0.39, 0.29) is 46.8 Å². The minimum Gasteiger partial charge on any atom is -0.508 e. The molecule has 11 N–H and O–H groups in total. The molecule has 49 heavy (non-hydrogen) atoms. The Kier molecular flexibility index (Phi) is 10.7. The number of phenols is 2. The predicted octanol–water partition coefficient (Wildman–Crippen LogP) is -1.72. The highest BCUT2D eigenvalue weighted by molar-refractivity contribution is 5.91. The van der Waals surface area contributed by atoms with Crippen molar-refractivity contribution < 1.29 is 79.5 Å². The molecule has 0 amide bonds. The number of ether oxygens (including phenoxy) is 4. The van der Waals surface area contributed by atoms with Crippen molar-refractivity contribution in [3.8, 4) is 34.3 Å². The third kappa shape index (κ3) is 7.19. The smallest absolute Gasteiger partial charge is 0.238 e. The normalized spacial score (nSPS) is 30.8. The summed E-state index contributed by atoms with van der Waals surface area (Å²) in [5.41, 5.74) is -2.33. The Bertz CT molecular complexity index is 1670. The Morgan fingerprint density at radius 2 is 1.33 bits per heavy atom. The first kappa shape index (κ1) is 36.7. The Balaban J connectivity index is 1.57. The van der Waals surface area contributed by atoms with Gasteiger partial charge in [-0.25, -0.2) is 0 Å². The monoisotopic (exact) mass is 696 g/mol. The molecule has 0 spiro atoms. The van der Waals surface area contributed by atoms with Crippen LogP contribution in [0, 0.1) is 0 Å². The largest absolute Gasteiger partial charge is 0.508 e. The summed E-state index contributed by atoms with van der Waals surface area (Å²) in [4.78, 5) is 13.4. The van der Waals surface area contributed by atoms with Gasteiger partial charge in [0.15, 0.2) is 12.1 Å². The van der Waals surface area contributed by atoms with Gasteiger partial charge in [-0.3, -0.25) is 4.79 Å². The summed E-state index contributed by atoms with van der Waals surface area (Å²) in [5, 5.41) is 112. The molecule has 1 aromatic heterocycles. The summed E-state index contributed by atoms with van der Waals surface area (Å²) in [7, 11) is 0. The third-order valence-corrected chi connectivity index (χ3v) is 8.67. The highest BCUT2D eigenvalue weighted by atomic mass is 16.7. The van der Waals surface area contributed by atoms with E-state index < -0.39 is 103 Å². The highest BCUT2D eigenvalue weighted by Crippen LogP contribution is 2.41. The maximum absolute atomic E-state index is 13.4. The zero-order chi connectivity index (χ0) is 35.9. The zero-order valence-electron chi connectivity index (χ0n) is 26.4. The summed E-state index contributed by atoms with van der Waals surface area (Å²) in [6, 6.07) is 6.29. The van der Waals surface area contributed by atoms with Gasteiger partial charge in [-0.2, -0.15) is 0 Å². The van der Waals surface area contributed by atoms with Gasteiger partial charge in [0.1, 0.15) is 77.0 Å². The van der Waals surface area contributed by atoms with Gasteiger partial charge in [-0.05, 0) is 51.0 Å². The van der Waals surface area contributed by atoms with Crippen LogP contribution in [0.25, 0.3) is 22.3 Å². The van der Waals surface area contributed by atoms with Gasteiger partial charge in [0, 0.05) is 17.2 Å². The summed E-state index contributed by atoms with van der Waals surface area (Å²) in [5.74, 6) is -2.25. The zero-order valence-corrected chi connectivity index (χ0v) is 26.4. The van der Waals surface area contributed by atoms with E-state index in [1.807, 2.05) is 0 Å². The van der Waals surface area contributed by atoms with Crippen LogP contribution >= 0.6 is 0 Å². The molecular weight excluding hydrogens is 656 g/mol. The van der Waals surface area contributed by atoms with E-state index in [4.69, 9.17) is 23.4 Å². The van der Waals surface area contributed by atoms with Crippen LogP contribution in [0.1, 0.15) is 25.8 Å². The lowest BCUT2D eigenvalue weighted by molar-refractivity contribution is -0.323. The molecule has 2 saturated heterocycles. The summed E-state index contributed by atoms with van der Waals surface area (Å²) < 4.78 is 28.8. The fraction of sp³-hybridized carbons (Fsp3) is 0.531. The molecule has 2 aliphatic rings. The molecule has 10 unspecified atom stereocenters. The van der Waals surface area contributed by atoms with Crippen molar-refractivity contribution in [2.45, 2.75) is 93.7 Å². The lowest BCUT2D eigenvalue weighted by atomic mass is 9.94. The Morgan fingerprint density at radius 3 is 1.90 bits per heavy atom.